The van der Waals surface area contributed by atoms with Gasteiger partial charge in [0.1, 0.15) is 5.56 Å². The first-order valence-electron chi connectivity index (χ1n) is 7.87. The normalized spacial score (nSPS) is 18.1. The lowest BCUT2D eigenvalue weighted by Crippen LogP contribution is -2.48. The number of piperazine rings is 1. The van der Waals surface area contributed by atoms with E-state index in [0.29, 0.717) is 18.7 Å². The van der Waals surface area contributed by atoms with Gasteiger partial charge in [0.05, 0.1) is 0 Å². The van der Waals surface area contributed by atoms with Crippen molar-refractivity contribution in [1.29, 1.82) is 0 Å². The topological polar surface area (TPSA) is 54.3 Å². The van der Waals surface area contributed by atoms with E-state index in [0.717, 1.165) is 38.0 Å². The zero-order valence-corrected chi connectivity index (χ0v) is 12.8. The van der Waals surface area contributed by atoms with Crippen LogP contribution in [0.25, 0.3) is 0 Å². The van der Waals surface area contributed by atoms with Crippen LogP contribution in [0.4, 0.5) is 0 Å². The van der Waals surface area contributed by atoms with Gasteiger partial charge < -0.3 is 14.8 Å². The Hall–Kier alpha value is -1.62. The van der Waals surface area contributed by atoms with Crippen LogP contribution >= 0.6 is 0 Å². The molecular formula is C16H23N3O2. The Labute approximate surface area is 124 Å². The molecule has 21 heavy (non-hydrogen) atoms. The number of aryl methyl sites for hydroxylation is 1. The van der Waals surface area contributed by atoms with Crippen molar-refractivity contribution >= 4 is 5.91 Å². The largest absolute Gasteiger partial charge is 0.336 e. The number of aromatic nitrogens is 1. The maximum atomic E-state index is 12.8. The average molecular weight is 289 g/mol. The molecule has 0 atom stereocenters. The minimum absolute atomic E-state index is 0.0973. The third-order valence-corrected chi connectivity index (χ3v) is 4.44. The van der Waals surface area contributed by atoms with Crippen molar-refractivity contribution in [2.75, 3.05) is 26.2 Å². The number of amides is 1. The summed E-state index contributed by atoms with van der Waals surface area (Å²) in [5.74, 6) is -0.106. The number of carbonyl (C=O) groups is 1. The number of hydrogen-bond acceptors (Lipinski definition) is 3. The van der Waals surface area contributed by atoms with E-state index >= 15 is 0 Å². The van der Waals surface area contributed by atoms with Gasteiger partial charge in [0.2, 0.25) is 0 Å². The molecule has 1 N–H and O–H groups in total. The highest BCUT2D eigenvalue weighted by Gasteiger charge is 2.26. The predicted octanol–water partition coefficient (Wildman–Crippen LogP) is 0.963. The number of hydrogen-bond donors (Lipinski definition) is 1. The summed E-state index contributed by atoms with van der Waals surface area (Å²) in [7, 11) is 0. The van der Waals surface area contributed by atoms with E-state index in [9.17, 15) is 9.59 Å². The Bertz CT molecular complexity index is 613. The minimum atomic E-state index is -0.116. The molecule has 2 heterocycles. The van der Waals surface area contributed by atoms with Crippen molar-refractivity contribution in [2.45, 2.75) is 39.2 Å². The molecule has 5 heteroatoms. The second-order valence-electron chi connectivity index (χ2n) is 6.19. The van der Waals surface area contributed by atoms with Gasteiger partial charge in [-0.05, 0) is 44.7 Å². The fourth-order valence-corrected chi connectivity index (χ4v) is 3.41. The van der Waals surface area contributed by atoms with Gasteiger partial charge >= 0.3 is 0 Å². The van der Waals surface area contributed by atoms with E-state index < -0.39 is 0 Å². The lowest BCUT2D eigenvalue weighted by atomic mass is 10.1. The van der Waals surface area contributed by atoms with Crippen LogP contribution in [0.2, 0.25) is 0 Å². The van der Waals surface area contributed by atoms with Crippen molar-refractivity contribution in [3.63, 3.8) is 0 Å². The van der Waals surface area contributed by atoms with E-state index in [1.807, 2.05) is 24.5 Å². The molecule has 114 valence electrons. The summed E-state index contributed by atoms with van der Waals surface area (Å²) in [6, 6.07) is 1.95. The molecule has 1 aromatic rings. The highest BCUT2D eigenvalue weighted by Crippen LogP contribution is 2.24. The second kappa shape index (κ2) is 5.64. The fraction of sp³-hybridized carbons (Fsp3) is 0.625. The van der Waals surface area contributed by atoms with E-state index in [2.05, 4.69) is 5.32 Å². The van der Waals surface area contributed by atoms with E-state index in [-0.39, 0.29) is 17.5 Å². The first-order valence-corrected chi connectivity index (χ1v) is 7.87. The third kappa shape index (κ3) is 2.50. The van der Waals surface area contributed by atoms with Gasteiger partial charge in [-0.3, -0.25) is 9.59 Å². The smallest absolute Gasteiger partial charge is 0.263 e. The van der Waals surface area contributed by atoms with Gasteiger partial charge in [-0.1, -0.05) is 0 Å². The van der Waals surface area contributed by atoms with Crippen LogP contribution in [0.15, 0.2) is 10.9 Å². The standard InChI is InChI=1S/C16H23N3O2/c1-11(2)19-14-5-3-4-12(14)10-13(16(19)21)15(20)18-8-6-17-7-9-18/h10-11,17H,3-9H2,1-2H3. The summed E-state index contributed by atoms with van der Waals surface area (Å²) in [5, 5.41) is 3.23. The Morgan fingerprint density at radius 2 is 1.95 bits per heavy atom. The Morgan fingerprint density at radius 3 is 2.62 bits per heavy atom. The van der Waals surface area contributed by atoms with Gasteiger partial charge in [0, 0.05) is 37.9 Å². The summed E-state index contributed by atoms with van der Waals surface area (Å²) < 4.78 is 1.83. The van der Waals surface area contributed by atoms with Gasteiger partial charge in [0.25, 0.3) is 11.5 Å². The molecule has 0 radical (unpaired) electrons. The van der Waals surface area contributed by atoms with E-state index in [4.69, 9.17) is 0 Å². The molecule has 0 unspecified atom stereocenters. The van der Waals surface area contributed by atoms with E-state index in [1.54, 1.807) is 4.90 Å². The highest BCUT2D eigenvalue weighted by atomic mass is 16.2. The van der Waals surface area contributed by atoms with Crippen LogP contribution in [0, 0.1) is 0 Å². The molecule has 0 aromatic carbocycles. The van der Waals surface area contributed by atoms with Gasteiger partial charge in [-0.2, -0.15) is 0 Å². The van der Waals surface area contributed by atoms with Crippen LogP contribution < -0.4 is 10.9 Å². The number of carbonyl (C=O) groups excluding carboxylic acids is 1. The van der Waals surface area contributed by atoms with Crippen LogP contribution in [-0.4, -0.2) is 41.6 Å². The molecule has 3 rings (SSSR count). The SMILES string of the molecule is CC(C)n1c2c(cc(C(=O)N3CCNCC3)c1=O)CCC2. The average Bonchev–Trinajstić information content (AvgIpc) is 2.94. The maximum absolute atomic E-state index is 12.8. The van der Waals surface area contributed by atoms with Crippen molar-refractivity contribution < 1.29 is 4.79 Å². The highest BCUT2D eigenvalue weighted by molar-refractivity contribution is 5.94. The minimum Gasteiger partial charge on any atom is -0.336 e. The van der Waals surface area contributed by atoms with Gasteiger partial charge in [0.15, 0.2) is 0 Å². The van der Waals surface area contributed by atoms with Crippen LogP contribution in [-0.2, 0) is 12.8 Å². The van der Waals surface area contributed by atoms with Crippen LogP contribution in [0.3, 0.4) is 0 Å². The predicted molar refractivity (Wildman–Crippen MR) is 81.9 cm³/mol. The Balaban J connectivity index is 2.04. The molecule has 2 aliphatic rings. The van der Waals surface area contributed by atoms with Crippen molar-refractivity contribution in [3.05, 3.63) is 33.2 Å². The fourth-order valence-electron chi connectivity index (χ4n) is 3.41. The molecule has 1 saturated heterocycles. The monoisotopic (exact) mass is 289 g/mol. The molecule has 1 aliphatic carbocycles. The number of pyridine rings is 1. The maximum Gasteiger partial charge on any atom is 0.263 e. The summed E-state index contributed by atoms with van der Waals surface area (Å²) in [6.07, 6.45) is 3.00. The number of rotatable bonds is 2. The van der Waals surface area contributed by atoms with Crippen LogP contribution in [0.1, 0.15) is 47.9 Å². The van der Waals surface area contributed by atoms with Crippen molar-refractivity contribution in [3.8, 4) is 0 Å². The zero-order valence-electron chi connectivity index (χ0n) is 12.8. The van der Waals surface area contributed by atoms with Gasteiger partial charge in [-0.25, -0.2) is 0 Å². The molecule has 1 amide bonds. The van der Waals surface area contributed by atoms with Crippen molar-refractivity contribution in [1.82, 2.24) is 14.8 Å². The molecule has 0 saturated carbocycles. The lowest BCUT2D eigenvalue weighted by molar-refractivity contribution is 0.0733. The number of nitrogens with one attached hydrogen (secondary N) is 1. The molecule has 1 aromatic heterocycles. The Morgan fingerprint density at radius 1 is 1.24 bits per heavy atom. The summed E-state index contributed by atoms with van der Waals surface area (Å²) in [4.78, 5) is 27.2. The van der Waals surface area contributed by atoms with Crippen LogP contribution in [0.5, 0.6) is 0 Å². The molecule has 0 bridgehead atoms. The van der Waals surface area contributed by atoms with E-state index in [1.165, 1.54) is 5.56 Å². The lowest BCUT2D eigenvalue weighted by Gasteiger charge is -2.28. The Kier molecular flexibility index (Phi) is 3.85. The third-order valence-electron chi connectivity index (χ3n) is 4.44. The molecular weight excluding hydrogens is 266 g/mol. The number of nitrogens with zero attached hydrogens (tertiary/aromatic N) is 2. The molecule has 1 fully saturated rings. The van der Waals surface area contributed by atoms with Gasteiger partial charge in [-0.15, -0.1) is 0 Å². The zero-order chi connectivity index (χ0) is 15.0. The second-order valence-corrected chi connectivity index (χ2v) is 6.19. The first kappa shape index (κ1) is 14.3. The molecule has 1 aliphatic heterocycles. The summed E-state index contributed by atoms with van der Waals surface area (Å²) in [5.41, 5.74) is 2.55. The summed E-state index contributed by atoms with van der Waals surface area (Å²) >= 11 is 0. The summed E-state index contributed by atoms with van der Waals surface area (Å²) in [6.45, 7) is 6.98. The molecule has 5 nitrogen and oxygen atoms in total. The molecule has 0 spiro atoms. The quantitative estimate of drug-likeness (QED) is 0.882. The first-order chi connectivity index (χ1) is 10.1. The number of fused-ring (bicyclic) bond motifs is 1. The van der Waals surface area contributed by atoms with Crippen molar-refractivity contribution in [2.24, 2.45) is 0 Å².